The Morgan fingerprint density at radius 3 is 1.93 bits per heavy atom. The van der Waals surface area contributed by atoms with Gasteiger partial charge in [-0.3, -0.25) is 9.11 Å². The summed E-state index contributed by atoms with van der Waals surface area (Å²) >= 11 is 0. The smallest absolute Gasteiger partial charge is 0.294 e. The van der Waals surface area contributed by atoms with Crippen LogP contribution in [0, 0.1) is 0 Å². The number of azo groups is 1. The molecule has 10 nitrogen and oxygen atoms in total. The molecular formula is C17H14N2O8S2. The van der Waals surface area contributed by atoms with E-state index in [9.17, 15) is 36.2 Å². The number of benzene rings is 3. The maximum absolute atomic E-state index is 11.6. The third kappa shape index (κ3) is 4.41. The summed E-state index contributed by atoms with van der Waals surface area (Å²) in [7, 11) is -9.40. The Balaban J connectivity index is 2.31. The first kappa shape index (κ1) is 20.8. The number of fused-ring (bicyclic) bond motifs is 1. The molecule has 0 radical (unpaired) electrons. The molecule has 29 heavy (non-hydrogen) atoms. The van der Waals surface area contributed by atoms with Gasteiger partial charge in [-0.1, -0.05) is 18.2 Å². The fourth-order valence-electron chi connectivity index (χ4n) is 2.64. The first-order valence-corrected chi connectivity index (χ1v) is 10.7. The highest BCUT2D eigenvalue weighted by molar-refractivity contribution is 7.86. The van der Waals surface area contributed by atoms with Crippen molar-refractivity contribution in [3.63, 3.8) is 0 Å². The van der Waals surface area contributed by atoms with Crippen molar-refractivity contribution in [1.82, 2.24) is 0 Å². The molecule has 0 saturated carbocycles. The van der Waals surface area contributed by atoms with Crippen LogP contribution in [0.1, 0.15) is 5.56 Å². The third-order valence-electron chi connectivity index (χ3n) is 3.98. The molecule has 0 aliphatic rings. The summed E-state index contributed by atoms with van der Waals surface area (Å²) in [5.74, 6) is -0.610. The Labute approximate surface area is 165 Å². The molecule has 0 aliphatic carbocycles. The van der Waals surface area contributed by atoms with Gasteiger partial charge in [-0.2, -0.15) is 21.9 Å². The number of hydrogen-bond donors (Lipinski definition) is 4. The third-order valence-corrected chi connectivity index (χ3v) is 5.64. The monoisotopic (exact) mass is 438 g/mol. The van der Waals surface area contributed by atoms with Crippen LogP contribution in [-0.4, -0.2) is 36.2 Å². The molecule has 3 rings (SSSR count). The van der Waals surface area contributed by atoms with Gasteiger partial charge in [-0.05, 0) is 29.7 Å². The summed E-state index contributed by atoms with van der Waals surface area (Å²) in [6.07, 6.45) is 0. The Hall–Kier alpha value is -2.90. The van der Waals surface area contributed by atoms with Crippen molar-refractivity contribution < 1.29 is 36.2 Å². The van der Waals surface area contributed by atoms with E-state index >= 15 is 0 Å². The standard InChI is InChI=1S/C17H14N2O8S2/c20-9-10-3-1-2-4-14(10)18-19-15-7-12(28(22,23)24)5-11-6-13(29(25,26)27)8-16(21)17(11)15/h1-8,20-21H,9H2,(H,22,23,24)(H,25,26,27). The van der Waals surface area contributed by atoms with Crippen LogP contribution in [-0.2, 0) is 26.8 Å². The first-order chi connectivity index (χ1) is 13.5. The SMILES string of the molecule is O=S(=O)(O)c1cc(O)c2c(N=Nc3ccccc3CO)cc(S(=O)(=O)O)cc2c1. The van der Waals surface area contributed by atoms with Gasteiger partial charge in [-0.25, -0.2) is 0 Å². The van der Waals surface area contributed by atoms with Gasteiger partial charge in [0.15, 0.2) is 0 Å². The molecule has 0 bridgehead atoms. The first-order valence-electron chi connectivity index (χ1n) is 7.87. The molecule has 0 spiro atoms. The zero-order chi connectivity index (χ0) is 21.4. The average Bonchev–Trinajstić information content (AvgIpc) is 2.64. The van der Waals surface area contributed by atoms with Crippen LogP contribution in [0.5, 0.6) is 5.75 Å². The maximum atomic E-state index is 11.6. The summed E-state index contributed by atoms with van der Waals surface area (Å²) in [5, 5.41) is 27.3. The van der Waals surface area contributed by atoms with Gasteiger partial charge in [0.1, 0.15) is 5.75 Å². The average molecular weight is 438 g/mol. The lowest BCUT2D eigenvalue weighted by molar-refractivity contribution is 0.282. The van der Waals surface area contributed by atoms with E-state index in [0.717, 1.165) is 24.3 Å². The number of hydrogen-bond acceptors (Lipinski definition) is 8. The molecule has 0 aliphatic heterocycles. The minimum absolute atomic E-state index is 0.0602. The van der Waals surface area contributed by atoms with E-state index in [2.05, 4.69) is 10.2 Å². The molecule has 4 N–H and O–H groups in total. The molecule has 0 atom stereocenters. The van der Waals surface area contributed by atoms with Gasteiger partial charge in [0, 0.05) is 11.6 Å². The van der Waals surface area contributed by atoms with Crippen LogP contribution in [0.3, 0.4) is 0 Å². The van der Waals surface area contributed by atoms with Crippen molar-refractivity contribution in [3.8, 4) is 5.75 Å². The van der Waals surface area contributed by atoms with Crippen LogP contribution in [0.25, 0.3) is 10.8 Å². The molecular weight excluding hydrogens is 424 g/mol. The summed E-state index contributed by atoms with van der Waals surface area (Å²) in [6, 6.07) is 9.98. The van der Waals surface area contributed by atoms with E-state index in [1.54, 1.807) is 24.3 Å². The Kier molecular flexibility index (Phi) is 5.38. The maximum Gasteiger partial charge on any atom is 0.294 e. The molecule has 0 saturated heterocycles. The number of phenols is 1. The van der Waals surface area contributed by atoms with Crippen molar-refractivity contribution >= 4 is 42.4 Å². The largest absolute Gasteiger partial charge is 0.507 e. The van der Waals surface area contributed by atoms with Crippen molar-refractivity contribution in [3.05, 3.63) is 54.1 Å². The molecule has 0 fully saturated rings. The Morgan fingerprint density at radius 1 is 0.793 bits per heavy atom. The van der Waals surface area contributed by atoms with Gasteiger partial charge in [0.25, 0.3) is 20.2 Å². The second-order valence-electron chi connectivity index (χ2n) is 5.92. The topological polar surface area (TPSA) is 174 Å². The molecule has 0 unspecified atom stereocenters. The highest BCUT2D eigenvalue weighted by atomic mass is 32.2. The molecule has 0 aromatic heterocycles. The zero-order valence-corrected chi connectivity index (χ0v) is 16.1. The molecule has 12 heteroatoms. The van der Waals surface area contributed by atoms with Crippen LogP contribution in [0.2, 0.25) is 0 Å². The minimum Gasteiger partial charge on any atom is -0.507 e. The lowest BCUT2D eigenvalue weighted by atomic mass is 10.1. The van der Waals surface area contributed by atoms with Crippen molar-refractivity contribution in [2.75, 3.05) is 0 Å². The van der Waals surface area contributed by atoms with Gasteiger partial charge in [-0.15, -0.1) is 5.11 Å². The number of phenolic OH excluding ortho intramolecular Hbond substituents is 1. The number of aliphatic hydroxyl groups excluding tert-OH is 1. The van der Waals surface area contributed by atoms with Crippen molar-refractivity contribution in [1.29, 1.82) is 0 Å². The second-order valence-corrected chi connectivity index (χ2v) is 8.76. The highest BCUT2D eigenvalue weighted by Gasteiger charge is 2.19. The number of aromatic hydroxyl groups is 1. The van der Waals surface area contributed by atoms with E-state index in [1.165, 1.54) is 0 Å². The summed E-state index contributed by atoms with van der Waals surface area (Å²) in [6.45, 7) is -0.329. The van der Waals surface area contributed by atoms with E-state index in [1.807, 2.05) is 0 Å². The lowest BCUT2D eigenvalue weighted by Gasteiger charge is -2.09. The van der Waals surface area contributed by atoms with Crippen LogP contribution in [0.4, 0.5) is 11.4 Å². The Morgan fingerprint density at radius 2 is 1.34 bits per heavy atom. The number of aliphatic hydroxyl groups is 1. The molecule has 0 amide bonds. The fourth-order valence-corrected chi connectivity index (χ4v) is 3.72. The molecule has 0 heterocycles. The van der Waals surface area contributed by atoms with Crippen LogP contribution < -0.4 is 0 Å². The van der Waals surface area contributed by atoms with E-state index in [0.29, 0.717) is 5.56 Å². The minimum atomic E-state index is -4.71. The molecule has 152 valence electrons. The Bertz CT molecular complexity index is 1340. The molecule has 3 aromatic rings. The number of rotatable bonds is 5. The second kappa shape index (κ2) is 7.50. The zero-order valence-electron chi connectivity index (χ0n) is 14.5. The van der Waals surface area contributed by atoms with Gasteiger partial charge >= 0.3 is 0 Å². The summed E-state index contributed by atoms with van der Waals surface area (Å²) < 4.78 is 64.5. The summed E-state index contributed by atoms with van der Waals surface area (Å²) in [5.41, 5.74) is 0.515. The van der Waals surface area contributed by atoms with E-state index < -0.39 is 35.8 Å². The van der Waals surface area contributed by atoms with Gasteiger partial charge in [0.05, 0.1) is 33.2 Å². The van der Waals surface area contributed by atoms with Crippen LogP contribution in [0.15, 0.2) is 68.6 Å². The van der Waals surface area contributed by atoms with E-state index in [-0.39, 0.29) is 28.8 Å². The quantitative estimate of drug-likeness (QED) is 0.347. The predicted octanol–water partition coefficient (Wildman–Crippen LogP) is 2.95. The summed E-state index contributed by atoms with van der Waals surface area (Å²) in [4.78, 5) is -1.30. The van der Waals surface area contributed by atoms with E-state index in [4.69, 9.17) is 0 Å². The lowest BCUT2D eigenvalue weighted by Crippen LogP contribution is -2.00. The predicted molar refractivity (Wildman–Crippen MR) is 102 cm³/mol. The fraction of sp³-hybridized carbons (Fsp3) is 0.0588. The molecule has 3 aromatic carbocycles. The van der Waals surface area contributed by atoms with Gasteiger partial charge in [0.2, 0.25) is 0 Å². The normalized spacial score (nSPS) is 12.7. The highest BCUT2D eigenvalue weighted by Crippen LogP contribution is 2.39. The van der Waals surface area contributed by atoms with Crippen LogP contribution >= 0.6 is 0 Å². The van der Waals surface area contributed by atoms with Crippen molar-refractivity contribution in [2.24, 2.45) is 10.2 Å². The van der Waals surface area contributed by atoms with Crippen molar-refractivity contribution in [2.45, 2.75) is 16.4 Å². The van der Waals surface area contributed by atoms with Gasteiger partial charge < -0.3 is 10.2 Å². The number of nitrogens with zero attached hydrogens (tertiary/aromatic N) is 2.